The van der Waals surface area contributed by atoms with Gasteiger partial charge in [0.15, 0.2) is 9.84 Å². The molecule has 0 aliphatic carbocycles. The Hall–Kier alpha value is -2.67. The van der Waals surface area contributed by atoms with E-state index in [0.29, 0.717) is 18.9 Å². The largest absolute Gasteiger partial charge is 0.352 e. The van der Waals surface area contributed by atoms with Crippen molar-refractivity contribution in [2.45, 2.75) is 12.2 Å². The van der Waals surface area contributed by atoms with Crippen molar-refractivity contribution in [3.8, 4) is 0 Å². The number of hydrogen-bond donors (Lipinski definition) is 2. The molecule has 0 unspecified atom stereocenters. The zero-order chi connectivity index (χ0) is 18.6. The fraction of sp³-hybridized carbons (Fsp3) is 0.211. The Bertz CT molecular complexity index is 934. The Balaban J connectivity index is 1.60. The molecule has 135 valence electrons. The third-order valence-corrected chi connectivity index (χ3v) is 4.63. The highest BCUT2D eigenvalue weighted by Crippen LogP contribution is 2.14. The molecule has 0 amide bonds. The van der Waals surface area contributed by atoms with E-state index in [4.69, 9.17) is 0 Å². The van der Waals surface area contributed by atoms with Crippen LogP contribution >= 0.6 is 0 Å². The molecule has 0 spiro atoms. The molecule has 7 heteroatoms. The van der Waals surface area contributed by atoms with E-state index in [2.05, 4.69) is 21.8 Å². The van der Waals surface area contributed by atoms with Gasteiger partial charge in [-0.15, -0.1) is 0 Å². The van der Waals surface area contributed by atoms with Gasteiger partial charge in [0.25, 0.3) is 0 Å². The van der Waals surface area contributed by atoms with E-state index in [1.54, 1.807) is 24.3 Å². The van der Waals surface area contributed by atoms with Crippen molar-refractivity contribution in [2.75, 3.05) is 18.1 Å². The molecule has 2 aromatic rings. The lowest BCUT2D eigenvalue weighted by Crippen LogP contribution is -2.34. The van der Waals surface area contributed by atoms with Crippen LogP contribution in [-0.2, 0) is 22.0 Å². The molecular weight excluding hydrogens is 353 g/mol. The van der Waals surface area contributed by atoms with E-state index in [9.17, 15) is 12.8 Å². The minimum absolute atomic E-state index is 0.0235. The minimum atomic E-state index is -3.04. The Morgan fingerprint density at radius 3 is 2.35 bits per heavy atom. The van der Waals surface area contributed by atoms with Crippen LogP contribution in [0.3, 0.4) is 0 Å². The predicted molar refractivity (Wildman–Crippen MR) is 101 cm³/mol. The van der Waals surface area contributed by atoms with Gasteiger partial charge >= 0.3 is 0 Å². The monoisotopic (exact) mass is 372 g/mol. The van der Waals surface area contributed by atoms with Crippen molar-refractivity contribution in [3.63, 3.8) is 0 Å². The van der Waals surface area contributed by atoms with Gasteiger partial charge < -0.3 is 10.6 Å². The van der Waals surface area contributed by atoms with Gasteiger partial charge in [-0.05, 0) is 47.4 Å². The maximum atomic E-state index is 12.9. The first-order valence-electron chi connectivity index (χ1n) is 8.08. The lowest BCUT2D eigenvalue weighted by Gasteiger charge is -2.17. The van der Waals surface area contributed by atoms with Gasteiger partial charge in [0.05, 0.1) is 12.0 Å². The van der Waals surface area contributed by atoms with E-state index >= 15 is 0 Å². The summed E-state index contributed by atoms with van der Waals surface area (Å²) in [6, 6.07) is 13.5. The molecule has 0 bridgehead atoms. The highest BCUT2D eigenvalue weighted by molar-refractivity contribution is 7.89. The van der Waals surface area contributed by atoms with Gasteiger partial charge in [-0.25, -0.2) is 17.8 Å². The summed E-state index contributed by atoms with van der Waals surface area (Å²) in [5.74, 6) is 0.347. The van der Waals surface area contributed by atoms with E-state index in [1.807, 2.05) is 12.1 Å². The molecule has 0 atom stereocenters. The van der Waals surface area contributed by atoms with Gasteiger partial charge in [0, 0.05) is 18.5 Å². The molecule has 1 aliphatic rings. The summed E-state index contributed by atoms with van der Waals surface area (Å²) in [7, 11) is -3.04. The van der Waals surface area contributed by atoms with Gasteiger partial charge in [-0.1, -0.05) is 24.3 Å². The molecule has 26 heavy (non-hydrogen) atoms. The van der Waals surface area contributed by atoms with Crippen molar-refractivity contribution >= 4 is 21.5 Å². The molecule has 1 aliphatic heterocycles. The number of hydrogen-bond acceptors (Lipinski definition) is 5. The van der Waals surface area contributed by atoms with Crippen LogP contribution < -0.4 is 10.6 Å². The SMILES string of the molecule is CS(=O)(=O)Cc1ccc(NC2=N[C]=C(Cc3ccc(F)cc3)CN2)cc1. The van der Waals surface area contributed by atoms with Crippen molar-refractivity contribution < 1.29 is 12.8 Å². The Morgan fingerprint density at radius 1 is 1.12 bits per heavy atom. The number of guanidine groups is 1. The normalized spacial score (nSPS) is 14.2. The number of halogens is 1. The van der Waals surface area contributed by atoms with Crippen LogP contribution in [0.15, 0.2) is 59.1 Å². The third-order valence-electron chi connectivity index (χ3n) is 3.77. The Kier molecular flexibility index (Phi) is 5.37. The summed E-state index contributed by atoms with van der Waals surface area (Å²) in [5.41, 5.74) is 3.52. The van der Waals surface area contributed by atoms with Crippen LogP contribution in [-0.4, -0.2) is 27.2 Å². The van der Waals surface area contributed by atoms with E-state index < -0.39 is 9.84 Å². The van der Waals surface area contributed by atoms with Crippen LogP contribution in [0.4, 0.5) is 10.1 Å². The minimum Gasteiger partial charge on any atom is -0.352 e. The van der Waals surface area contributed by atoms with Gasteiger partial charge in [-0.2, -0.15) is 0 Å². The number of rotatable bonds is 5. The second-order valence-electron chi connectivity index (χ2n) is 6.22. The van der Waals surface area contributed by atoms with Crippen molar-refractivity contribution in [1.29, 1.82) is 0 Å². The van der Waals surface area contributed by atoms with Crippen LogP contribution in [0, 0.1) is 12.0 Å². The lowest BCUT2D eigenvalue weighted by atomic mass is 10.1. The topological polar surface area (TPSA) is 70.6 Å². The van der Waals surface area contributed by atoms with E-state index in [0.717, 1.165) is 22.4 Å². The first kappa shape index (κ1) is 18.1. The second-order valence-corrected chi connectivity index (χ2v) is 8.36. The molecule has 2 N–H and O–H groups in total. The van der Waals surface area contributed by atoms with E-state index in [1.165, 1.54) is 18.4 Å². The first-order chi connectivity index (χ1) is 12.4. The number of anilines is 1. The second kappa shape index (κ2) is 7.70. The maximum Gasteiger partial charge on any atom is 0.201 e. The molecule has 2 aromatic carbocycles. The lowest BCUT2D eigenvalue weighted by molar-refractivity contribution is 0.601. The summed E-state index contributed by atoms with van der Waals surface area (Å²) in [4.78, 5) is 4.24. The van der Waals surface area contributed by atoms with E-state index in [-0.39, 0.29) is 11.6 Å². The molecule has 5 nitrogen and oxygen atoms in total. The van der Waals surface area contributed by atoms with Gasteiger partial charge in [0.2, 0.25) is 5.96 Å². The molecule has 0 aromatic heterocycles. The molecular formula is C19H19FN3O2S. The van der Waals surface area contributed by atoms with Gasteiger partial charge in [-0.3, -0.25) is 0 Å². The smallest absolute Gasteiger partial charge is 0.201 e. The summed E-state index contributed by atoms with van der Waals surface area (Å²) in [6.45, 7) is 0.593. The molecule has 3 rings (SSSR count). The van der Waals surface area contributed by atoms with Gasteiger partial charge in [0.1, 0.15) is 5.82 Å². The van der Waals surface area contributed by atoms with Crippen molar-refractivity contribution in [3.05, 3.63) is 77.2 Å². The number of aliphatic imine (C=N–C) groups is 1. The average Bonchev–Trinajstić information content (AvgIpc) is 2.59. The number of benzene rings is 2. The van der Waals surface area contributed by atoms with Crippen molar-refractivity contribution in [2.24, 2.45) is 4.99 Å². The number of sulfone groups is 1. The fourth-order valence-corrected chi connectivity index (χ4v) is 3.35. The molecule has 0 saturated heterocycles. The standard InChI is InChI=1S/C19H19FN3O2S/c1-26(24,25)13-15-4-8-18(9-5-15)23-19-21-11-16(12-22-19)10-14-2-6-17(20)7-3-14/h2-9H,10-11,13H2,1H3,(H2,21,22,23). The predicted octanol–water partition coefficient (Wildman–Crippen LogP) is 2.67. The third kappa shape index (κ3) is 5.42. The zero-order valence-electron chi connectivity index (χ0n) is 14.3. The zero-order valence-corrected chi connectivity index (χ0v) is 15.1. The Labute approximate surface area is 152 Å². The summed E-state index contributed by atoms with van der Waals surface area (Å²) in [6.07, 6.45) is 4.87. The van der Waals surface area contributed by atoms with Crippen LogP contribution in [0.5, 0.6) is 0 Å². The highest BCUT2D eigenvalue weighted by atomic mass is 32.2. The van der Waals surface area contributed by atoms with Crippen LogP contribution in [0.1, 0.15) is 11.1 Å². The quantitative estimate of drug-likeness (QED) is 0.847. The molecule has 0 saturated carbocycles. The van der Waals surface area contributed by atoms with Crippen molar-refractivity contribution in [1.82, 2.24) is 5.32 Å². The molecule has 1 radical (unpaired) electrons. The highest BCUT2D eigenvalue weighted by Gasteiger charge is 2.09. The van der Waals surface area contributed by atoms with Crippen LogP contribution in [0.25, 0.3) is 0 Å². The fourth-order valence-electron chi connectivity index (χ4n) is 2.55. The summed E-state index contributed by atoms with van der Waals surface area (Å²) in [5, 5.41) is 6.30. The Morgan fingerprint density at radius 2 is 1.77 bits per heavy atom. The number of nitrogens with one attached hydrogen (secondary N) is 2. The van der Waals surface area contributed by atoms with Crippen LogP contribution in [0.2, 0.25) is 0 Å². The average molecular weight is 372 g/mol. The maximum absolute atomic E-state index is 12.9. The number of nitrogens with zero attached hydrogens (tertiary/aromatic N) is 1. The summed E-state index contributed by atoms with van der Waals surface area (Å²) >= 11 is 0. The first-order valence-corrected chi connectivity index (χ1v) is 10.1. The molecule has 0 fully saturated rings. The summed E-state index contributed by atoms with van der Waals surface area (Å²) < 4.78 is 35.5. The molecule has 1 heterocycles.